The van der Waals surface area contributed by atoms with E-state index in [9.17, 15) is 4.79 Å². The molecule has 0 aromatic heterocycles. The topological polar surface area (TPSA) is 61.4 Å². The molecule has 1 atom stereocenters. The predicted molar refractivity (Wildman–Crippen MR) is 57.5 cm³/mol. The second kappa shape index (κ2) is 5.48. The smallest absolute Gasteiger partial charge is 0.244 e. The van der Waals surface area contributed by atoms with Crippen molar-refractivity contribution in [2.75, 3.05) is 6.54 Å². The number of nitrogens with one attached hydrogen (secondary N) is 2. The first-order valence-electron chi connectivity index (χ1n) is 4.93. The molecule has 0 aliphatic carbocycles. The van der Waals surface area contributed by atoms with E-state index < -0.39 is 6.04 Å². The predicted octanol–water partition coefficient (Wildman–Crippen LogP) is 1.15. The number of aryl methyl sites for hydroxylation is 1. The lowest BCUT2D eigenvalue weighted by Gasteiger charge is -2.15. The van der Waals surface area contributed by atoms with Crippen LogP contribution in [0.4, 0.5) is 0 Å². The van der Waals surface area contributed by atoms with E-state index in [1.165, 1.54) is 0 Å². The molecular weight excluding hydrogens is 192 g/mol. The highest BCUT2D eigenvalue weighted by Gasteiger charge is 2.18. The van der Waals surface area contributed by atoms with Gasteiger partial charge in [-0.05, 0) is 19.4 Å². The van der Waals surface area contributed by atoms with Gasteiger partial charge in [0.25, 0.3) is 0 Å². The first-order valence-corrected chi connectivity index (χ1v) is 4.93. The third-order valence-electron chi connectivity index (χ3n) is 2.12. The number of carbonyl (C=O) groups excluding carboxylic acids is 1. The molecule has 1 rings (SSSR count). The summed E-state index contributed by atoms with van der Waals surface area (Å²) in [7, 11) is 0. The molecule has 0 radical (unpaired) electrons. The molecule has 0 fully saturated rings. The van der Waals surface area contributed by atoms with E-state index in [1.807, 2.05) is 37.5 Å². The Kier molecular flexibility index (Phi) is 4.27. The van der Waals surface area contributed by atoms with Crippen molar-refractivity contribution in [1.29, 1.82) is 0 Å². The van der Waals surface area contributed by atoms with Crippen LogP contribution in [0.5, 0.6) is 0 Å². The number of hydroxylamine groups is 1. The average molecular weight is 208 g/mol. The highest BCUT2D eigenvalue weighted by atomic mass is 16.5. The first-order chi connectivity index (χ1) is 7.19. The molecule has 0 heterocycles. The zero-order valence-corrected chi connectivity index (χ0v) is 8.95. The summed E-state index contributed by atoms with van der Waals surface area (Å²) in [5.74, 6) is -0.231. The van der Waals surface area contributed by atoms with E-state index in [2.05, 4.69) is 5.32 Å². The van der Waals surface area contributed by atoms with Gasteiger partial charge >= 0.3 is 0 Å². The standard InChI is InChI=1S/C11H16N2O2/c1-3-12-11(14)10(13-15)9-6-4-5-8(2)7-9/h4-7,10,13,15H,3H2,1-2H3,(H,12,14). The first kappa shape index (κ1) is 11.7. The van der Waals surface area contributed by atoms with E-state index in [4.69, 9.17) is 5.21 Å². The van der Waals surface area contributed by atoms with Crippen LogP contribution < -0.4 is 10.8 Å². The van der Waals surface area contributed by atoms with Gasteiger partial charge in [-0.2, -0.15) is 5.48 Å². The molecule has 0 bridgehead atoms. The van der Waals surface area contributed by atoms with Crippen LogP contribution in [0.25, 0.3) is 0 Å². The lowest BCUT2D eigenvalue weighted by molar-refractivity contribution is -0.125. The van der Waals surface area contributed by atoms with Crippen molar-refractivity contribution in [3.8, 4) is 0 Å². The maximum Gasteiger partial charge on any atom is 0.244 e. The van der Waals surface area contributed by atoms with Crippen molar-refractivity contribution in [1.82, 2.24) is 10.8 Å². The summed E-state index contributed by atoms with van der Waals surface area (Å²) in [6.07, 6.45) is 0. The molecule has 15 heavy (non-hydrogen) atoms. The zero-order chi connectivity index (χ0) is 11.3. The Morgan fingerprint density at radius 2 is 2.27 bits per heavy atom. The molecule has 0 aliphatic rings. The second-order valence-electron chi connectivity index (χ2n) is 3.37. The van der Waals surface area contributed by atoms with Gasteiger partial charge in [0.2, 0.25) is 5.91 Å². The van der Waals surface area contributed by atoms with Crippen molar-refractivity contribution < 1.29 is 10.0 Å². The molecule has 0 saturated heterocycles. The Bertz CT molecular complexity index is 339. The van der Waals surface area contributed by atoms with Crippen LogP contribution in [-0.4, -0.2) is 17.7 Å². The number of carbonyl (C=O) groups is 1. The van der Waals surface area contributed by atoms with Gasteiger partial charge < -0.3 is 10.5 Å². The molecule has 1 unspecified atom stereocenters. The molecule has 1 amide bonds. The third kappa shape index (κ3) is 3.04. The molecule has 0 spiro atoms. The van der Waals surface area contributed by atoms with E-state index in [0.717, 1.165) is 11.1 Å². The highest BCUT2D eigenvalue weighted by molar-refractivity contribution is 5.83. The van der Waals surface area contributed by atoms with Gasteiger partial charge in [0.1, 0.15) is 6.04 Å². The number of hydrogen-bond donors (Lipinski definition) is 3. The molecule has 0 aliphatic heterocycles. The van der Waals surface area contributed by atoms with Crippen molar-refractivity contribution in [3.63, 3.8) is 0 Å². The maximum atomic E-state index is 11.6. The number of likely N-dealkylation sites (N-methyl/N-ethyl adjacent to an activating group) is 1. The quantitative estimate of drug-likeness (QED) is 0.650. The Hall–Kier alpha value is -1.39. The number of amides is 1. The van der Waals surface area contributed by atoms with Crippen LogP contribution in [0, 0.1) is 6.92 Å². The fourth-order valence-corrected chi connectivity index (χ4v) is 1.41. The molecule has 4 heteroatoms. The Balaban J connectivity index is 2.87. The van der Waals surface area contributed by atoms with Gasteiger partial charge in [0.05, 0.1) is 0 Å². The summed E-state index contributed by atoms with van der Waals surface area (Å²) in [6.45, 7) is 4.32. The van der Waals surface area contributed by atoms with Crippen LogP contribution >= 0.6 is 0 Å². The Labute approximate surface area is 89.3 Å². The molecule has 3 N–H and O–H groups in total. The largest absolute Gasteiger partial charge is 0.355 e. The summed E-state index contributed by atoms with van der Waals surface area (Å²) in [5, 5.41) is 11.6. The normalized spacial score (nSPS) is 12.2. The summed E-state index contributed by atoms with van der Waals surface area (Å²) < 4.78 is 0. The molecular formula is C11H16N2O2. The summed E-state index contributed by atoms with van der Waals surface area (Å²) in [6, 6.07) is 6.76. The monoisotopic (exact) mass is 208 g/mol. The summed E-state index contributed by atoms with van der Waals surface area (Å²) in [4.78, 5) is 11.6. The highest BCUT2D eigenvalue weighted by Crippen LogP contribution is 2.13. The van der Waals surface area contributed by atoms with E-state index in [1.54, 1.807) is 6.07 Å². The molecule has 4 nitrogen and oxygen atoms in total. The van der Waals surface area contributed by atoms with Crippen LogP contribution in [0.15, 0.2) is 24.3 Å². The SMILES string of the molecule is CCNC(=O)C(NO)c1cccc(C)c1. The van der Waals surface area contributed by atoms with Crippen molar-refractivity contribution in [2.24, 2.45) is 0 Å². The zero-order valence-electron chi connectivity index (χ0n) is 8.95. The van der Waals surface area contributed by atoms with Gasteiger partial charge in [-0.15, -0.1) is 0 Å². The summed E-state index contributed by atoms with van der Waals surface area (Å²) >= 11 is 0. The fourth-order valence-electron chi connectivity index (χ4n) is 1.41. The van der Waals surface area contributed by atoms with E-state index >= 15 is 0 Å². The molecule has 0 saturated carbocycles. The Morgan fingerprint density at radius 1 is 1.53 bits per heavy atom. The van der Waals surface area contributed by atoms with Gasteiger partial charge in [-0.1, -0.05) is 29.8 Å². The minimum atomic E-state index is -0.704. The van der Waals surface area contributed by atoms with Gasteiger partial charge in [0, 0.05) is 6.54 Å². The van der Waals surface area contributed by atoms with Crippen molar-refractivity contribution >= 4 is 5.91 Å². The average Bonchev–Trinajstić information content (AvgIpc) is 2.19. The third-order valence-corrected chi connectivity index (χ3v) is 2.12. The molecule has 82 valence electrons. The lowest BCUT2D eigenvalue weighted by Crippen LogP contribution is -2.36. The maximum absolute atomic E-state index is 11.6. The van der Waals surface area contributed by atoms with Gasteiger partial charge in [-0.3, -0.25) is 4.79 Å². The number of benzene rings is 1. The Morgan fingerprint density at radius 3 is 2.80 bits per heavy atom. The molecule has 1 aromatic rings. The van der Waals surface area contributed by atoms with Crippen LogP contribution in [-0.2, 0) is 4.79 Å². The van der Waals surface area contributed by atoms with Crippen molar-refractivity contribution in [2.45, 2.75) is 19.9 Å². The lowest BCUT2D eigenvalue weighted by atomic mass is 10.0. The number of rotatable bonds is 4. The van der Waals surface area contributed by atoms with Crippen molar-refractivity contribution in [3.05, 3.63) is 35.4 Å². The summed E-state index contributed by atoms with van der Waals surface area (Å²) in [5.41, 5.74) is 3.82. The molecule has 1 aromatic carbocycles. The second-order valence-corrected chi connectivity index (χ2v) is 3.37. The fraction of sp³-hybridized carbons (Fsp3) is 0.364. The number of hydrogen-bond acceptors (Lipinski definition) is 3. The van der Waals surface area contributed by atoms with Crippen LogP contribution in [0.2, 0.25) is 0 Å². The van der Waals surface area contributed by atoms with Crippen LogP contribution in [0.3, 0.4) is 0 Å². The minimum absolute atomic E-state index is 0.231. The van der Waals surface area contributed by atoms with E-state index in [-0.39, 0.29) is 5.91 Å². The van der Waals surface area contributed by atoms with Gasteiger partial charge in [0.15, 0.2) is 0 Å². The minimum Gasteiger partial charge on any atom is -0.355 e. The van der Waals surface area contributed by atoms with Crippen LogP contribution in [0.1, 0.15) is 24.1 Å². The van der Waals surface area contributed by atoms with E-state index in [0.29, 0.717) is 6.54 Å². The van der Waals surface area contributed by atoms with Gasteiger partial charge in [-0.25, -0.2) is 0 Å².